The molecule has 1 aromatic heterocycles. The molecule has 1 aliphatic rings. The molecule has 1 saturated heterocycles. The van der Waals surface area contributed by atoms with Gasteiger partial charge in [-0.1, -0.05) is 0 Å². The Balaban J connectivity index is 2.15. The first kappa shape index (κ1) is 10.3. The average molecular weight is 222 g/mol. The molecule has 0 atom stereocenters. The topological polar surface area (TPSA) is 95.2 Å². The van der Waals surface area contributed by atoms with Crippen molar-refractivity contribution in [3.8, 4) is 0 Å². The number of rotatable bonds is 1. The maximum atomic E-state index is 11.8. The predicted octanol–water partition coefficient (Wildman–Crippen LogP) is -1.66. The monoisotopic (exact) mass is 222 g/mol. The van der Waals surface area contributed by atoms with Gasteiger partial charge < -0.3 is 10.2 Å². The molecule has 0 aromatic carbocycles. The number of nitrogens with zero attached hydrogens (tertiary/aromatic N) is 2. The minimum atomic E-state index is -0.368. The van der Waals surface area contributed by atoms with Gasteiger partial charge >= 0.3 is 0 Å². The molecule has 1 fully saturated rings. The average Bonchev–Trinajstić information content (AvgIpc) is 2.29. The zero-order valence-electron chi connectivity index (χ0n) is 8.40. The highest BCUT2D eigenvalue weighted by atomic mass is 16.2. The van der Waals surface area contributed by atoms with Crippen LogP contribution >= 0.6 is 0 Å². The summed E-state index contributed by atoms with van der Waals surface area (Å²) in [6.45, 7) is 0.916. The highest BCUT2D eigenvalue weighted by Gasteiger charge is 2.22. The molecule has 0 bridgehead atoms. The third-order valence-electron chi connectivity index (χ3n) is 2.22. The standard InChI is InChI=1S/C9H10N4O3/c14-7-2-1-6(11-12-7)9(16)13-4-3-10-8(15)5-13/h1-2H,3-5H2,(H,10,15)(H,12,14). The predicted molar refractivity (Wildman–Crippen MR) is 53.8 cm³/mol. The first-order valence-electron chi connectivity index (χ1n) is 4.78. The van der Waals surface area contributed by atoms with Crippen molar-refractivity contribution in [3.63, 3.8) is 0 Å². The van der Waals surface area contributed by atoms with Gasteiger partial charge in [-0.05, 0) is 6.07 Å². The summed E-state index contributed by atoms with van der Waals surface area (Å²) in [5.74, 6) is -0.546. The van der Waals surface area contributed by atoms with Crippen molar-refractivity contribution in [1.29, 1.82) is 0 Å². The molecule has 2 heterocycles. The molecule has 16 heavy (non-hydrogen) atoms. The van der Waals surface area contributed by atoms with Gasteiger partial charge in [-0.3, -0.25) is 14.4 Å². The van der Waals surface area contributed by atoms with E-state index in [2.05, 4.69) is 15.5 Å². The number of aromatic nitrogens is 2. The van der Waals surface area contributed by atoms with Crippen LogP contribution in [-0.2, 0) is 4.79 Å². The van der Waals surface area contributed by atoms with Gasteiger partial charge in [0.05, 0.1) is 6.54 Å². The van der Waals surface area contributed by atoms with Crippen LogP contribution in [-0.4, -0.2) is 46.5 Å². The van der Waals surface area contributed by atoms with E-state index in [4.69, 9.17) is 0 Å². The number of hydrogen-bond donors (Lipinski definition) is 2. The molecule has 0 radical (unpaired) electrons. The minimum absolute atomic E-state index is 0.0274. The van der Waals surface area contributed by atoms with Crippen LogP contribution in [0.2, 0.25) is 0 Å². The summed E-state index contributed by atoms with van der Waals surface area (Å²) in [5, 5.41) is 8.41. The highest BCUT2D eigenvalue weighted by Crippen LogP contribution is 2.01. The van der Waals surface area contributed by atoms with Gasteiger partial charge in [0, 0.05) is 19.2 Å². The Morgan fingerprint density at radius 2 is 2.19 bits per heavy atom. The second kappa shape index (κ2) is 4.13. The van der Waals surface area contributed by atoms with Crippen molar-refractivity contribution in [1.82, 2.24) is 20.4 Å². The zero-order chi connectivity index (χ0) is 11.5. The molecule has 1 aromatic rings. The smallest absolute Gasteiger partial charge is 0.274 e. The van der Waals surface area contributed by atoms with E-state index in [1.165, 1.54) is 17.0 Å². The normalized spacial score (nSPS) is 15.8. The first-order chi connectivity index (χ1) is 7.66. The molecule has 7 heteroatoms. The van der Waals surface area contributed by atoms with Crippen LogP contribution in [0.15, 0.2) is 16.9 Å². The van der Waals surface area contributed by atoms with Gasteiger partial charge in [-0.25, -0.2) is 5.10 Å². The number of aromatic amines is 1. The van der Waals surface area contributed by atoms with Crippen LogP contribution in [0.25, 0.3) is 0 Å². The number of piperazine rings is 1. The molecular weight excluding hydrogens is 212 g/mol. The number of carbonyl (C=O) groups excluding carboxylic acids is 2. The van der Waals surface area contributed by atoms with E-state index in [9.17, 15) is 14.4 Å². The van der Waals surface area contributed by atoms with Crippen LogP contribution in [0.4, 0.5) is 0 Å². The van der Waals surface area contributed by atoms with Crippen LogP contribution < -0.4 is 10.9 Å². The summed E-state index contributed by atoms with van der Waals surface area (Å²) in [6.07, 6.45) is 0. The quantitative estimate of drug-likeness (QED) is 0.594. The summed E-state index contributed by atoms with van der Waals surface area (Å²) < 4.78 is 0. The van der Waals surface area contributed by atoms with Crippen LogP contribution in [0.1, 0.15) is 10.5 Å². The lowest BCUT2D eigenvalue weighted by molar-refractivity contribution is -0.123. The Bertz CT molecular complexity index is 461. The summed E-state index contributed by atoms with van der Waals surface area (Å²) >= 11 is 0. The fraction of sp³-hybridized carbons (Fsp3) is 0.333. The van der Waals surface area contributed by atoms with Gasteiger partial charge in [0.15, 0.2) is 0 Å². The van der Waals surface area contributed by atoms with Gasteiger partial charge in [0.1, 0.15) is 5.69 Å². The fourth-order valence-corrected chi connectivity index (χ4v) is 1.44. The van der Waals surface area contributed by atoms with Gasteiger partial charge in [0.25, 0.3) is 11.5 Å². The molecule has 0 saturated carbocycles. The van der Waals surface area contributed by atoms with E-state index in [-0.39, 0.29) is 29.6 Å². The van der Waals surface area contributed by atoms with Gasteiger partial charge in [-0.15, -0.1) is 0 Å². The van der Waals surface area contributed by atoms with Gasteiger partial charge in [-0.2, -0.15) is 5.10 Å². The first-order valence-corrected chi connectivity index (χ1v) is 4.78. The number of carbonyl (C=O) groups is 2. The highest BCUT2D eigenvalue weighted by molar-refractivity contribution is 5.95. The van der Waals surface area contributed by atoms with E-state index in [0.717, 1.165) is 0 Å². The largest absolute Gasteiger partial charge is 0.353 e. The number of amides is 2. The second-order valence-electron chi connectivity index (χ2n) is 3.38. The van der Waals surface area contributed by atoms with Crippen LogP contribution in [0.5, 0.6) is 0 Å². The molecule has 7 nitrogen and oxygen atoms in total. The molecule has 84 valence electrons. The lowest BCUT2D eigenvalue weighted by Crippen LogP contribution is -2.50. The Hall–Kier alpha value is -2.18. The van der Waals surface area contributed by atoms with E-state index in [1.54, 1.807) is 0 Å². The van der Waals surface area contributed by atoms with Crippen molar-refractivity contribution in [2.75, 3.05) is 19.6 Å². The number of nitrogens with one attached hydrogen (secondary N) is 2. The Morgan fingerprint density at radius 3 is 2.81 bits per heavy atom. The molecule has 2 rings (SSSR count). The zero-order valence-corrected chi connectivity index (χ0v) is 8.40. The Kier molecular flexibility index (Phi) is 2.67. The Labute approximate surface area is 90.5 Å². The summed E-state index contributed by atoms with van der Waals surface area (Å²) in [5.41, 5.74) is -0.234. The van der Waals surface area contributed by atoms with Crippen LogP contribution in [0, 0.1) is 0 Å². The lowest BCUT2D eigenvalue weighted by Gasteiger charge is -2.26. The van der Waals surface area contributed by atoms with Crippen molar-refractivity contribution >= 4 is 11.8 Å². The third-order valence-corrected chi connectivity index (χ3v) is 2.22. The molecule has 0 aliphatic carbocycles. The third kappa shape index (κ3) is 2.08. The van der Waals surface area contributed by atoms with Gasteiger partial charge in [0.2, 0.25) is 5.91 Å². The summed E-state index contributed by atoms with van der Waals surface area (Å²) in [7, 11) is 0. The molecule has 2 amide bonds. The van der Waals surface area contributed by atoms with E-state index < -0.39 is 0 Å². The molecular formula is C9H10N4O3. The summed E-state index contributed by atoms with van der Waals surface area (Å²) in [6, 6.07) is 2.57. The molecule has 0 unspecified atom stereocenters. The lowest BCUT2D eigenvalue weighted by atomic mass is 10.3. The maximum absolute atomic E-state index is 11.8. The fourth-order valence-electron chi connectivity index (χ4n) is 1.44. The van der Waals surface area contributed by atoms with Crippen molar-refractivity contribution in [2.24, 2.45) is 0 Å². The summed E-state index contributed by atoms with van der Waals surface area (Å²) in [4.78, 5) is 35.1. The van der Waals surface area contributed by atoms with E-state index in [0.29, 0.717) is 13.1 Å². The van der Waals surface area contributed by atoms with E-state index in [1.807, 2.05) is 0 Å². The minimum Gasteiger partial charge on any atom is -0.353 e. The number of hydrogen-bond acceptors (Lipinski definition) is 4. The second-order valence-corrected chi connectivity index (χ2v) is 3.38. The molecule has 0 spiro atoms. The van der Waals surface area contributed by atoms with Crippen molar-refractivity contribution in [3.05, 3.63) is 28.2 Å². The van der Waals surface area contributed by atoms with Crippen molar-refractivity contribution < 1.29 is 9.59 Å². The maximum Gasteiger partial charge on any atom is 0.274 e. The molecule has 2 N–H and O–H groups in total. The van der Waals surface area contributed by atoms with E-state index >= 15 is 0 Å². The molecule has 1 aliphatic heterocycles. The van der Waals surface area contributed by atoms with Crippen molar-refractivity contribution in [2.45, 2.75) is 0 Å². The SMILES string of the molecule is O=C1CN(C(=O)c2ccc(=O)[nH]n2)CCN1. The number of H-pyrrole nitrogens is 1. The Morgan fingerprint density at radius 1 is 1.38 bits per heavy atom. The van der Waals surface area contributed by atoms with Crippen LogP contribution in [0.3, 0.4) is 0 Å².